The zero-order valence-corrected chi connectivity index (χ0v) is 31.7. The zero-order chi connectivity index (χ0) is 28.5. The molecule has 0 aromatic heterocycles. The van der Waals surface area contributed by atoms with Gasteiger partial charge in [0.15, 0.2) is 25.0 Å². The summed E-state index contributed by atoms with van der Waals surface area (Å²) in [6, 6.07) is 2.07. The van der Waals surface area contributed by atoms with E-state index < -0.39 is 42.1 Å². The van der Waals surface area contributed by atoms with Gasteiger partial charge in [0, 0.05) is 25.9 Å². The second-order valence-corrected chi connectivity index (χ2v) is 34.9. The van der Waals surface area contributed by atoms with Crippen molar-refractivity contribution < 1.29 is 26.2 Å². The van der Waals surface area contributed by atoms with Crippen LogP contribution in [0.25, 0.3) is 0 Å². The molecule has 0 radical (unpaired) electrons. The van der Waals surface area contributed by atoms with Gasteiger partial charge >= 0.3 is 17.1 Å². The van der Waals surface area contributed by atoms with Gasteiger partial charge in [-0.2, -0.15) is 0 Å². The molecule has 36 heavy (non-hydrogen) atoms. The van der Waals surface area contributed by atoms with Crippen molar-refractivity contribution in [3.63, 3.8) is 0 Å². The van der Waals surface area contributed by atoms with Crippen molar-refractivity contribution in [3.05, 3.63) is 0 Å². The average Bonchev–Trinajstić information content (AvgIpc) is 2.56. The third-order valence-electron chi connectivity index (χ3n) is 5.27. The Morgan fingerprint density at radius 2 is 1.14 bits per heavy atom. The third kappa shape index (κ3) is 20.8. The smallest absolute Gasteiger partial charge is 0.321 e. The molecule has 6 nitrogen and oxygen atoms in total. The first-order valence-corrected chi connectivity index (χ1v) is 29.2. The molecule has 0 N–H and O–H groups in total. The minimum absolute atomic E-state index is 0.188. The molecule has 0 aliphatic heterocycles. The molecule has 0 saturated heterocycles. The van der Waals surface area contributed by atoms with E-state index in [4.69, 9.17) is 26.2 Å². The number of hydrogen-bond acceptors (Lipinski definition) is 6. The van der Waals surface area contributed by atoms with Crippen molar-refractivity contribution in [3.8, 4) is 0 Å². The maximum Gasteiger partial charge on any atom is 0.321 e. The Balaban J connectivity index is 4.33. The Morgan fingerprint density at radius 3 is 1.61 bits per heavy atom. The fraction of sp³-hybridized carbons (Fsp3) is 1.00. The molecule has 0 spiro atoms. The van der Waals surface area contributed by atoms with Gasteiger partial charge in [-0.05, 0) is 131 Å². The summed E-state index contributed by atoms with van der Waals surface area (Å²) in [5.41, 5.74) is -0.188. The molecule has 218 valence electrons. The van der Waals surface area contributed by atoms with Crippen LogP contribution in [0.5, 0.6) is 0 Å². The predicted octanol–water partition coefficient (Wildman–Crippen LogP) is 8.09. The Morgan fingerprint density at radius 1 is 0.639 bits per heavy atom. The van der Waals surface area contributed by atoms with Crippen LogP contribution in [0.4, 0.5) is 0 Å². The minimum atomic E-state index is -2.17. The molecular formula is C25H62O6Si5. The van der Waals surface area contributed by atoms with E-state index in [1.807, 2.05) is 0 Å². The van der Waals surface area contributed by atoms with E-state index in [-0.39, 0.29) is 11.7 Å². The molecular weight excluding hydrogens is 537 g/mol. The second kappa shape index (κ2) is 15.0. The predicted molar refractivity (Wildman–Crippen MR) is 167 cm³/mol. The van der Waals surface area contributed by atoms with E-state index in [9.17, 15) is 0 Å². The van der Waals surface area contributed by atoms with Gasteiger partial charge in [-0.25, -0.2) is 0 Å². The highest BCUT2D eigenvalue weighted by molar-refractivity contribution is 6.87. The van der Waals surface area contributed by atoms with Crippen LogP contribution in [0.1, 0.15) is 47.0 Å². The van der Waals surface area contributed by atoms with E-state index in [2.05, 4.69) is 99.7 Å². The van der Waals surface area contributed by atoms with Crippen molar-refractivity contribution in [2.75, 3.05) is 19.8 Å². The van der Waals surface area contributed by atoms with Gasteiger partial charge in [0.2, 0.25) is 0 Å². The lowest BCUT2D eigenvalue weighted by Gasteiger charge is -2.38. The lowest BCUT2D eigenvalue weighted by molar-refractivity contribution is -0.0406. The minimum Gasteiger partial charge on any atom is -0.437 e. The number of ether oxygens (including phenoxy) is 2. The first-order valence-electron chi connectivity index (χ1n) is 14.0. The summed E-state index contributed by atoms with van der Waals surface area (Å²) in [5.74, 6) is 0. The lowest BCUT2D eigenvalue weighted by Crippen LogP contribution is -2.52. The van der Waals surface area contributed by atoms with Crippen LogP contribution in [0, 0.1) is 0 Å². The van der Waals surface area contributed by atoms with Crippen LogP contribution >= 0.6 is 0 Å². The summed E-state index contributed by atoms with van der Waals surface area (Å²) in [7, 11) is -9.30. The highest BCUT2D eigenvalue weighted by Crippen LogP contribution is 2.26. The number of hydrogen-bond donors (Lipinski definition) is 0. The maximum absolute atomic E-state index is 6.59. The lowest BCUT2D eigenvalue weighted by atomic mass is 10.1. The van der Waals surface area contributed by atoms with Crippen LogP contribution in [-0.2, 0) is 26.2 Å². The highest BCUT2D eigenvalue weighted by Gasteiger charge is 2.40. The van der Waals surface area contributed by atoms with Crippen LogP contribution in [0.15, 0.2) is 0 Å². The molecule has 0 aliphatic rings. The van der Waals surface area contributed by atoms with E-state index in [0.29, 0.717) is 6.61 Å². The molecule has 0 atom stereocenters. The zero-order valence-electron chi connectivity index (χ0n) is 26.7. The molecule has 0 aromatic rings. The topological polar surface area (TPSA) is 55.4 Å². The summed E-state index contributed by atoms with van der Waals surface area (Å²) in [6.45, 7) is 35.4. The summed E-state index contributed by atoms with van der Waals surface area (Å²) in [6.07, 6.45) is 3.11. The molecule has 0 aliphatic carbocycles. The van der Waals surface area contributed by atoms with Gasteiger partial charge in [0.1, 0.15) is 0 Å². The molecule has 0 fully saturated rings. The average molecular weight is 599 g/mol. The van der Waals surface area contributed by atoms with E-state index in [1.54, 1.807) is 0 Å². The van der Waals surface area contributed by atoms with Crippen molar-refractivity contribution in [2.45, 2.75) is 143 Å². The summed E-state index contributed by atoms with van der Waals surface area (Å²) >= 11 is 0. The van der Waals surface area contributed by atoms with Gasteiger partial charge in [0.25, 0.3) is 0 Å². The van der Waals surface area contributed by atoms with Gasteiger partial charge in [0.05, 0.1) is 5.60 Å². The molecule has 0 saturated carbocycles. The van der Waals surface area contributed by atoms with Crippen LogP contribution in [0.3, 0.4) is 0 Å². The van der Waals surface area contributed by atoms with Gasteiger partial charge in [-0.15, -0.1) is 0 Å². The monoisotopic (exact) mass is 598 g/mol. The van der Waals surface area contributed by atoms with E-state index in [1.165, 1.54) is 0 Å². The fourth-order valence-electron chi connectivity index (χ4n) is 4.56. The molecule has 11 heteroatoms. The molecule has 0 unspecified atom stereocenters. The third-order valence-corrected chi connectivity index (χ3v) is 21.7. The normalized spacial score (nSPS) is 14.7. The standard InChI is InChI=1S/C25H62O6Si5/c1-24(2)28-35(13,14)31-34(11,12)22-17-20-27-25(3,4)18-21-26-19-16-23-36(15,29-32(5,6)7)30-33(8,9)10/h24H,16-23H2,1-15H3. The maximum atomic E-state index is 6.59. The Bertz CT molecular complexity index is 599. The van der Waals surface area contributed by atoms with E-state index in [0.717, 1.165) is 44.6 Å². The Labute approximate surface area is 230 Å². The van der Waals surface area contributed by atoms with Crippen LogP contribution < -0.4 is 0 Å². The Kier molecular flexibility index (Phi) is 15.4. The molecule has 0 heterocycles. The molecule has 0 rings (SSSR count). The van der Waals surface area contributed by atoms with Crippen molar-refractivity contribution in [1.29, 1.82) is 0 Å². The van der Waals surface area contributed by atoms with Gasteiger partial charge in [-0.1, -0.05) is 0 Å². The summed E-state index contributed by atoms with van der Waals surface area (Å²) in [5, 5.41) is 0. The SMILES string of the molecule is CC(C)O[Si](C)(C)O[Si](C)(C)CCCOC(C)(C)CCOCCC[Si](C)(O[Si](C)(C)C)O[Si](C)(C)C. The van der Waals surface area contributed by atoms with Crippen LogP contribution in [0.2, 0.25) is 84.1 Å². The molecule has 0 aromatic carbocycles. The fourth-order valence-corrected chi connectivity index (χ4v) is 25.1. The first kappa shape index (κ1) is 36.8. The molecule has 0 bridgehead atoms. The van der Waals surface area contributed by atoms with E-state index >= 15 is 0 Å². The molecule has 0 amide bonds. The van der Waals surface area contributed by atoms with Gasteiger partial charge in [-0.3, -0.25) is 0 Å². The van der Waals surface area contributed by atoms with Crippen molar-refractivity contribution in [2.24, 2.45) is 0 Å². The Hall–Kier alpha value is 0.844. The highest BCUT2D eigenvalue weighted by atomic mass is 28.5. The largest absolute Gasteiger partial charge is 0.437 e. The summed E-state index contributed by atoms with van der Waals surface area (Å²) < 4.78 is 38.0. The van der Waals surface area contributed by atoms with Crippen LogP contribution in [-0.4, -0.2) is 73.6 Å². The first-order chi connectivity index (χ1) is 16.0. The van der Waals surface area contributed by atoms with Crippen molar-refractivity contribution in [1.82, 2.24) is 0 Å². The van der Waals surface area contributed by atoms with Crippen molar-refractivity contribution >= 4 is 42.1 Å². The summed E-state index contributed by atoms with van der Waals surface area (Å²) in [4.78, 5) is 0. The van der Waals surface area contributed by atoms with Gasteiger partial charge < -0.3 is 26.2 Å². The second-order valence-electron chi connectivity index (χ2n) is 14.2. The quantitative estimate of drug-likeness (QED) is 0.104. The number of rotatable bonds is 20.